The Hall–Kier alpha value is -1.35. The van der Waals surface area contributed by atoms with Gasteiger partial charge in [-0.1, -0.05) is 37.3 Å². The lowest BCUT2D eigenvalue weighted by Crippen LogP contribution is -2.44. The van der Waals surface area contributed by atoms with Gasteiger partial charge in [0.25, 0.3) is 0 Å². The molecule has 0 aliphatic carbocycles. The second kappa shape index (κ2) is 8.33. The van der Waals surface area contributed by atoms with Crippen LogP contribution in [0.25, 0.3) is 0 Å². The van der Waals surface area contributed by atoms with E-state index in [1.54, 1.807) is 0 Å². The van der Waals surface area contributed by atoms with Crippen molar-refractivity contribution < 1.29 is 4.79 Å². The zero-order valence-corrected chi connectivity index (χ0v) is 14.2. The second-order valence-electron chi connectivity index (χ2n) is 6.71. The number of carbonyl (C=O) groups is 1. The summed E-state index contributed by atoms with van der Waals surface area (Å²) in [5.74, 6) is 0.745. The summed E-state index contributed by atoms with van der Waals surface area (Å²) in [5, 5.41) is 3.20. The summed E-state index contributed by atoms with van der Waals surface area (Å²) in [7, 11) is 0. The first kappa shape index (κ1) is 17.0. The van der Waals surface area contributed by atoms with Gasteiger partial charge in [0, 0.05) is 19.1 Å². The number of nitrogens with zero attached hydrogens (tertiary/aromatic N) is 1. The molecule has 3 nitrogen and oxygen atoms in total. The summed E-state index contributed by atoms with van der Waals surface area (Å²) in [6, 6.07) is 10.7. The second-order valence-corrected chi connectivity index (χ2v) is 6.71. The van der Waals surface area contributed by atoms with E-state index in [1.807, 2.05) is 18.2 Å². The third-order valence-corrected chi connectivity index (χ3v) is 4.77. The minimum Gasteiger partial charge on any atom is -0.355 e. The van der Waals surface area contributed by atoms with E-state index < -0.39 is 0 Å². The van der Waals surface area contributed by atoms with Gasteiger partial charge in [-0.3, -0.25) is 4.79 Å². The molecular weight excluding hydrogens is 272 g/mol. The molecule has 1 N–H and O–H groups in total. The van der Waals surface area contributed by atoms with Crippen LogP contribution in [0.4, 0.5) is 0 Å². The molecule has 2 atom stereocenters. The van der Waals surface area contributed by atoms with Crippen LogP contribution in [0.3, 0.4) is 0 Å². The Balaban J connectivity index is 1.86. The topological polar surface area (TPSA) is 32.3 Å². The van der Waals surface area contributed by atoms with Crippen molar-refractivity contribution >= 4 is 5.91 Å². The average molecular weight is 302 g/mol. The maximum absolute atomic E-state index is 12.5. The van der Waals surface area contributed by atoms with E-state index >= 15 is 0 Å². The first-order valence-electron chi connectivity index (χ1n) is 8.68. The van der Waals surface area contributed by atoms with Crippen LogP contribution in [0.15, 0.2) is 30.3 Å². The molecule has 1 aliphatic rings. The van der Waals surface area contributed by atoms with Gasteiger partial charge in [-0.05, 0) is 51.1 Å². The van der Waals surface area contributed by atoms with Crippen LogP contribution in [-0.4, -0.2) is 36.5 Å². The zero-order valence-electron chi connectivity index (χ0n) is 14.2. The summed E-state index contributed by atoms with van der Waals surface area (Å²) in [6.45, 7) is 9.71. The predicted octanol–water partition coefficient (Wildman–Crippen LogP) is 3.42. The Morgan fingerprint density at radius 2 is 2.05 bits per heavy atom. The van der Waals surface area contributed by atoms with Gasteiger partial charge >= 0.3 is 0 Å². The monoisotopic (exact) mass is 302 g/mol. The van der Waals surface area contributed by atoms with Gasteiger partial charge in [-0.15, -0.1) is 0 Å². The van der Waals surface area contributed by atoms with Crippen LogP contribution < -0.4 is 5.32 Å². The third-order valence-electron chi connectivity index (χ3n) is 4.77. The molecule has 1 aromatic rings. The highest BCUT2D eigenvalue weighted by Crippen LogP contribution is 2.21. The van der Waals surface area contributed by atoms with E-state index in [1.165, 1.54) is 19.4 Å². The smallest absolute Gasteiger partial charge is 0.227 e. The molecular formula is C19H30N2O. The van der Waals surface area contributed by atoms with Gasteiger partial charge in [-0.2, -0.15) is 0 Å². The van der Waals surface area contributed by atoms with Crippen LogP contribution in [0.2, 0.25) is 0 Å². The fourth-order valence-corrected chi connectivity index (χ4v) is 3.36. The largest absolute Gasteiger partial charge is 0.355 e. The Bertz CT molecular complexity index is 458. The molecule has 1 aromatic carbocycles. The molecule has 1 fully saturated rings. The van der Waals surface area contributed by atoms with Gasteiger partial charge in [0.1, 0.15) is 0 Å². The van der Waals surface area contributed by atoms with Crippen LogP contribution in [0, 0.1) is 5.92 Å². The van der Waals surface area contributed by atoms with E-state index in [4.69, 9.17) is 0 Å². The molecule has 1 aliphatic heterocycles. The van der Waals surface area contributed by atoms with Crippen molar-refractivity contribution in [1.82, 2.24) is 10.2 Å². The summed E-state index contributed by atoms with van der Waals surface area (Å²) in [6.07, 6.45) is 3.32. The van der Waals surface area contributed by atoms with Gasteiger partial charge in [0.2, 0.25) is 5.91 Å². The minimum absolute atomic E-state index is 0.0222. The Morgan fingerprint density at radius 1 is 1.32 bits per heavy atom. The van der Waals surface area contributed by atoms with E-state index in [0.29, 0.717) is 12.0 Å². The van der Waals surface area contributed by atoms with Crippen molar-refractivity contribution in [2.45, 2.75) is 52.0 Å². The maximum Gasteiger partial charge on any atom is 0.227 e. The molecule has 1 saturated heterocycles. The molecule has 22 heavy (non-hydrogen) atoms. The normalized spacial score (nSPS) is 20.8. The van der Waals surface area contributed by atoms with Crippen molar-refractivity contribution in [2.24, 2.45) is 5.92 Å². The summed E-state index contributed by atoms with van der Waals surface area (Å²) < 4.78 is 0. The highest BCUT2D eigenvalue weighted by atomic mass is 16.1. The Labute approximate surface area is 135 Å². The Morgan fingerprint density at radius 3 is 2.68 bits per heavy atom. The molecule has 0 spiro atoms. The van der Waals surface area contributed by atoms with Gasteiger partial charge in [0.15, 0.2) is 0 Å². The zero-order chi connectivity index (χ0) is 15.9. The SMILES string of the molecule is CCC(C(=O)NCC1CCCN(C(C)C)C1)c1ccccc1. The van der Waals surface area contributed by atoms with E-state index in [0.717, 1.165) is 25.1 Å². The molecule has 0 radical (unpaired) electrons. The molecule has 3 heteroatoms. The van der Waals surface area contributed by atoms with Crippen LogP contribution >= 0.6 is 0 Å². The Kier molecular flexibility index (Phi) is 6.44. The van der Waals surface area contributed by atoms with E-state index in [9.17, 15) is 4.79 Å². The molecule has 1 amide bonds. The lowest BCUT2D eigenvalue weighted by molar-refractivity contribution is -0.122. The molecule has 1 heterocycles. The van der Waals surface area contributed by atoms with E-state index in [2.05, 4.69) is 43.1 Å². The van der Waals surface area contributed by atoms with Crippen molar-refractivity contribution in [2.75, 3.05) is 19.6 Å². The van der Waals surface area contributed by atoms with Crippen molar-refractivity contribution in [3.63, 3.8) is 0 Å². The van der Waals surface area contributed by atoms with E-state index in [-0.39, 0.29) is 11.8 Å². The third kappa shape index (κ3) is 4.57. The average Bonchev–Trinajstić information content (AvgIpc) is 2.55. The first-order chi connectivity index (χ1) is 10.6. The highest BCUT2D eigenvalue weighted by molar-refractivity contribution is 5.83. The standard InChI is InChI=1S/C19H30N2O/c1-4-18(17-10-6-5-7-11-17)19(22)20-13-16-9-8-12-21(14-16)15(2)3/h5-7,10-11,15-16,18H,4,8-9,12-14H2,1-3H3,(H,20,22). The molecule has 0 aromatic heterocycles. The number of piperidine rings is 1. The molecule has 0 bridgehead atoms. The molecule has 0 saturated carbocycles. The minimum atomic E-state index is -0.0222. The predicted molar refractivity (Wildman–Crippen MR) is 91.9 cm³/mol. The van der Waals surface area contributed by atoms with Crippen LogP contribution in [0.1, 0.15) is 51.5 Å². The number of likely N-dealkylation sites (tertiary alicyclic amines) is 1. The van der Waals surface area contributed by atoms with Crippen LogP contribution in [0.5, 0.6) is 0 Å². The van der Waals surface area contributed by atoms with Crippen LogP contribution in [-0.2, 0) is 4.79 Å². The lowest BCUT2D eigenvalue weighted by atomic mass is 9.94. The molecule has 2 unspecified atom stereocenters. The molecule has 2 rings (SSSR count). The number of hydrogen-bond donors (Lipinski definition) is 1. The number of rotatable bonds is 6. The fraction of sp³-hybridized carbons (Fsp3) is 0.632. The number of hydrogen-bond acceptors (Lipinski definition) is 2. The summed E-state index contributed by atoms with van der Waals surface area (Å²) in [4.78, 5) is 15.0. The number of benzene rings is 1. The maximum atomic E-state index is 12.5. The fourth-order valence-electron chi connectivity index (χ4n) is 3.36. The quantitative estimate of drug-likeness (QED) is 0.873. The number of amides is 1. The lowest BCUT2D eigenvalue weighted by Gasteiger charge is -2.35. The number of nitrogens with one attached hydrogen (secondary N) is 1. The van der Waals surface area contributed by atoms with Crippen molar-refractivity contribution in [3.05, 3.63) is 35.9 Å². The summed E-state index contributed by atoms with van der Waals surface area (Å²) in [5.41, 5.74) is 1.12. The first-order valence-corrected chi connectivity index (χ1v) is 8.68. The number of carbonyl (C=O) groups excluding carboxylic acids is 1. The van der Waals surface area contributed by atoms with Crippen molar-refractivity contribution in [3.8, 4) is 0 Å². The van der Waals surface area contributed by atoms with Crippen molar-refractivity contribution in [1.29, 1.82) is 0 Å². The van der Waals surface area contributed by atoms with Gasteiger partial charge in [0.05, 0.1) is 5.92 Å². The summed E-state index contributed by atoms with van der Waals surface area (Å²) >= 11 is 0. The van der Waals surface area contributed by atoms with Gasteiger partial charge < -0.3 is 10.2 Å². The van der Waals surface area contributed by atoms with Gasteiger partial charge in [-0.25, -0.2) is 0 Å². The molecule has 122 valence electrons. The highest BCUT2D eigenvalue weighted by Gasteiger charge is 2.24.